The van der Waals surface area contributed by atoms with Gasteiger partial charge in [-0.1, -0.05) is 41.0 Å². The summed E-state index contributed by atoms with van der Waals surface area (Å²) in [5, 5.41) is 4.94. The molecule has 1 aliphatic heterocycles. The van der Waals surface area contributed by atoms with Gasteiger partial charge < -0.3 is 19.9 Å². The quantitative estimate of drug-likeness (QED) is 0.498. The topological polar surface area (TPSA) is 81.6 Å². The Balaban J connectivity index is 1.34. The number of halogens is 1. The zero-order valence-corrected chi connectivity index (χ0v) is 19.8. The highest BCUT2D eigenvalue weighted by molar-refractivity contribution is 6.30. The Labute approximate surface area is 199 Å². The first kappa shape index (κ1) is 23.3. The fourth-order valence-electron chi connectivity index (χ4n) is 4.12. The Morgan fingerprint density at radius 3 is 2.58 bits per heavy atom. The highest BCUT2D eigenvalue weighted by atomic mass is 35.5. The molecule has 0 saturated carbocycles. The van der Waals surface area contributed by atoms with E-state index >= 15 is 0 Å². The molecule has 3 aromatic rings. The average Bonchev–Trinajstić information content (AvgIpc) is 3.42. The van der Waals surface area contributed by atoms with Crippen molar-refractivity contribution < 1.29 is 14.1 Å². The van der Waals surface area contributed by atoms with Gasteiger partial charge in [-0.25, -0.2) is 0 Å². The molecule has 7 heteroatoms. The molecule has 33 heavy (non-hydrogen) atoms. The summed E-state index contributed by atoms with van der Waals surface area (Å²) in [7, 11) is 0. The molecule has 6 nitrogen and oxygen atoms in total. The first-order valence-corrected chi connectivity index (χ1v) is 11.6. The van der Waals surface area contributed by atoms with Crippen LogP contribution in [0.4, 0.5) is 0 Å². The molecule has 2 heterocycles. The summed E-state index contributed by atoms with van der Waals surface area (Å²) in [6, 6.07) is 17.2. The lowest BCUT2D eigenvalue weighted by Gasteiger charge is -2.23. The third-order valence-corrected chi connectivity index (χ3v) is 5.97. The number of amides is 1. The van der Waals surface area contributed by atoms with Crippen LogP contribution in [0.2, 0.25) is 5.02 Å². The third kappa shape index (κ3) is 6.36. The molecule has 1 fully saturated rings. The maximum absolute atomic E-state index is 13.1. The molecule has 0 bridgehead atoms. The Bertz CT molecular complexity index is 1070. The fraction of sp³-hybridized carbons (Fsp3) is 0.385. The van der Waals surface area contributed by atoms with Crippen LogP contribution < -0.4 is 10.5 Å². The van der Waals surface area contributed by atoms with Crippen molar-refractivity contribution in [1.82, 2.24) is 10.1 Å². The molecule has 4 rings (SSSR count). The van der Waals surface area contributed by atoms with Crippen LogP contribution in [0.5, 0.6) is 5.75 Å². The maximum atomic E-state index is 13.1. The van der Waals surface area contributed by atoms with E-state index in [1.165, 1.54) is 0 Å². The number of benzene rings is 2. The molecule has 2 aromatic carbocycles. The smallest absolute Gasteiger partial charge is 0.227 e. The molecule has 0 radical (unpaired) electrons. The average molecular weight is 468 g/mol. The number of rotatable bonds is 8. The van der Waals surface area contributed by atoms with E-state index in [1.54, 1.807) is 0 Å². The molecule has 0 spiro atoms. The van der Waals surface area contributed by atoms with Crippen LogP contribution in [-0.2, 0) is 24.2 Å². The molecule has 1 unspecified atom stereocenters. The van der Waals surface area contributed by atoms with Gasteiger partial charge in [-0.2, -0.15) is 0 Å². The Morgan fingerprint density at radius 1 is 1.18 bits per heavy atom. The lowest BCUT2D eigenvalue weighted by atomic mass is 10.00. The standard InChI is InChI=1S/C26H30ClN3O3/c1-26(2,28)16-22-15-23(29-33-22)24-4-3-13-30(24)25(31)14-18-7-11-21(12-8-18)32-17-19-5-9-20(27)10-6-19/h5-12,15,24H,3-4,13-14,16-17,28H2,1-2H3. The Morgan fingerprint density at radius 2 is 1.88 bits per heavy atom. The molecular weight excluding hydrogens is 438 g/mol. The minimum atomic E-state index is -0.368. The summed E-state index contributed by atoms with van der Waals surface area (Å²) in [6.45, 7) is 5.10. The van der Waals surface area contributed by atoms with E-state index in [4.69, 9.17) is 26.6 Å². The zero-order chi connectivity index (χ0) is 23.4. The van der Waals surface area contributed by atoms with Gasteiger partial charge in [-0.05, 0) is 62.1 Å². The van der Waals surface area contributed by atoms with Crippen LogP contribution in [0.25, 0.3) is 0 Å². The van der Waals surface area contributed by atoms with Crippen LogP contribution in [0.15, 0.2) is 59.1 Å². The molecule has 2 N–H and O–H groups in total. The number of carbonyl (C=O) groups is 1. The van der Waals surface area contributed by atoms with Crippen molar-refractivity contribution in [2.45, 2.75) is 57.7 Å². The minimum absolute atomic E-state index is 0.0436. The number of nitrogens with zero attached hydrogens (tertiary/aromatic N) is 2. The van der Waals surface area contributed by atoms with Crippen molar-refractivity contribution >= 4 is 17.5 Å². The van der Waals surface area contributed by atoms with Crippen LogP contribution >= 0.6 is 11.6 Å². The second-order valence-corrected chi connectivity index (χ2v) is 9.80. The molecular formula is C26H30ClN3O3. The van der Waals surface area contributed by atoms with Crippen molar-refractivity contribution in [2.75, 3.05) is 6.54 Å². The van der Waals surface area contributed by atoms with Crippen LogP contribution in [0, 0.1) is 0 Å². The summed E-state index contributed by atoms with van der Waals surface area (Å²) in [6.07, 6.45) is 2.79. The lowest BCUT2D eigenvalue weighted by molar-refractivity contribution is -0.131. The largest absolute Gasteiger partial charge is 0.489 e. The molecule has 1 amide bonds. The van der Waals surface area contributed by atoms with Crippen molar-refractivity contribution in [3.8, 4) is 5.75 Å². The highest BCUT2D eigenvalue weighted by Crippen LogP contribution is 2.32. The van der Waals surface area contributed by atoms with E-state index in [9.17, 15) is 4.79 Å². The van der Waals surface area contributed by atoms with Gasteiger partial charge in [0.1, 0.15) is 23.8 Å². The maximum Gasteiger partial charge on any atom is 0.227 e. The SMILES string of the molecule is CC(C)(N)Cc1cc(C2CCCN2C(=O)Cc2ccc(OCc3ccc(Cl)cc3)cc2)no1. The third-order valence-electron chi connectivity index (χ3n) is 5.72. The molecule has 1 aromatic heterocycles. The van der Waals surface area contributed by atoms with E-state index in [1.807, 2.05) is 73.3 Å². The van der Waals surface area contributed by atoms with Crippen LogP contribution in [0.3, 0.4) is 0 Å². The first-order chi connectivity index (χ1) is 15.8. The van der Waals surface area contributed by atoms with E-state index in [-0.39, 0.29) is 17.5 Å². The van der Waals surface area contributed by atoms with Gasteiger partial charge in [-0.15, -0.1) is 0 Å². The second-order valence-electron chi connectivity index (χ2n) is 9.36. The van der Waals surface area contributed by atoms with Crippen molar-refractivity contribution in [2.24, 2.45) is 5.73 Å². The molecule has 1 saturated heterocycles. The van der Waals surface area contributed by atoms with Crippen LogP contribution in [0.1, 0.15) is 55.3 Å². The first-order valence-electron chi connectivity index (χ1n) is 11.3. The second kappa shape index (κ2) is 9.98. The predicted octanol–water partition coefficient (Wildman–Crippen LogP) is 5.09. The van der Waals surface area contributed by atoms with Gasteiger partial charge in [0.05, 0.1) is 12.5 Å². The minimum Gasteiger partial charge on any atom is -0.489 e. The summed E-state index contributed by atoms with van der Waals surface area (Å²) in [5.41, 5.74) is 8.53. The van der Waals surface area contributed by atoms with E-state index in [0.29, 0.717) is 24.5 Å². The fourth-order valence-corrected chi connectivity index (χ4v) is 4.24. The van der Waals surface area contributed by atoms with E-state index in [0.717, 1.165) is 47.7 Å². The van der Waals surface area contributed by atoms with Crippen molar-refractivity contribution in [1.29, 1.82) is 0 Å². The van der Waals surface area contributed by atoms with Crippen molar-refractivity contribution in [3.05, 3.63) is 82.2 Å². The summed E-state index contributed by atoms with van der Waals surface area (Å²) in [4.78, 5) is 15.0. The monoisotopic (exact) mass is 467 g/mol. The summed E-state index contributed by atoms with van der Waals surface area (Å²) < 4.78 is 11.3. The number of carbonyl (C=O) groups excluding carboxylic acids is 1. The molecule has 1 aliphatic rings. The van der Waals surface area contributed by atoms with E-state index < -0.39 is 0 Å². The highest BCUT2D eigenvalue weighted by Gasteiger charge is 2.32. The zero-order valence-electron chi connectivity index (χ0n) is 19.1. The molecule has 174 valence electrons. The molecule has 1 atom stereocenters. The Hall–Kier alpha value is -2.83. The van der Waals surface area contributed by atoms with Crippen LogP contribution in [-0.4, -0.2) is 28.0 Å². The number of likely N-dealkylation sites (tertiary alicyclic amines) is 1. The number of aromatic nitrogens is 1. The predicted molar refractivity (Wildman–Crippen MR) is 128 cm³/mol. The van der Waals surface area contributed by atoms with Gasteiger partial charge in [0.15, 0.2) is 0 Å². The number of hydrogen-bond acceptors (Lipinski definition) is 5. The number of nitrogens with two attached hydrogens (primary N) is 1. The number of ether oxygens (including phenoxy) is 1. The van der Waals surface area contributed by atoms with E-state index in [2.05, 4.69) is 5.16 Å². The summed E-state index contributed by atoms with van der Waals surface area (Å²) in [5.74, 6) is 1.61. The summed E-state index contributed by atoms with van der Waals surface area (Å²) >= 11 is 5.92. The number of hydrogen-bond donors (Lipinski definition) is 1. The van der Waals surface area contributed by atoms with Crippen molar-refractivity contribution in [3.63, 3.8) is 0 Å². The normalized spacial score (nSPS) is 16.2. The van der Waals surface area contributed by atoms with Gasteiger partial charge in [0.25, 0.3) is 0 Å². The van der Waals surface area contributed by atoms with Gasteiger partial charge in [-0.3, -0.25) is 4.79 Å². The molecule has 0 aliphatic carbocycles. The lowest BCUT2D eigenvalue weighted by Crippen LogP contribution is -2.34. The van der Waals surface area contributed by atoms with Gasteiger partial charge >= 0.3 is 0 Å². The van der Waals surface area contributed by atoms with Gasteiger partial charge in [0.2, 0.25) is 5.91 Å². The Kier molecular flexibility index (Phi) is 7.05. The van der Waals surface area contributed by atoms with Gasteiger partial charge in [0, 0.05) is 29.6 Å².